The molecule has 0 fully saturated rings. The minimum atomic E-state index is -0.364. The number of anilines is 2. The fourth-order valence-corrected chi connectivity index (χ4v) is 5.45. The van der Waals surface area contributed by atoms with Gasteiger partial charge in [0.15, 0.2) is 0 Å². The number of nitrogens with zero attached hydrogens (tertiary/aromatic N) is 1. The number of hydrogen-bond acceptors (Lipinski definition) is 2. The molecule has 35 heavy (non-hydrogen) atoms. The lowest BCUT2D eigenvalue weighted by atomic mass is 9.76. The molecule has 0 spiro atoms. The smallest absolute Gasteiger partial charge is 0.319 e. The number of rotatable bonds is 3. The Labute approximate surface area is 205 Å². The second kappa shape index (κ2) is 8.99. The van der Waals surface area contributed by atoms with E-state index in [1.807, 2.05) is 45.0 Å². The van der Waals surface area contributed by atoms with E-state index in [0.29, 0.717) is 0 Å². The van der Waals surface area contributed by atoms with E-state index in [9.17, 15) is 13.6 Å². The highest BCUT2D eigenvalue weighted by molar-refractivity contribution is 5.91. The standard InChI is InChI=1S/C29H31F2N3O/c1-29(2,3)33-28(35)32-22-16-25-23(18-4-8-20(30)9-5-18)12-14-34-15-13-24(26(17-22)27(25)34)19-6-10-21(31)11-7-19/h4-11,16-17,23-24H,12-15H2,1-3H3,(H2,32,33,35)/t23-,24-/m0/s1. The molecule has 2 aliphatic heterocycles. The first-order valence-electron chi connectivity index (χ1n) is 12.2. The van der Waals surface area contributed by atoms with E-state index in [4.69, 9.17) is 0 Å². The summed E-state index contributed by atoms with van der Waals surface area (Å²) in [7, 11) is 0. The molecule has 2 atom stereocenters. The number of hydrogen-bond donors (Lipinski definition) is 2. The van der Waals surface area contributed by atoms with Crippen molar-refractivity contribution >= 4 is 17.4 Å². The Hall–Kier alpha value is -3.41. The largest absolute Gasteiger partial charge is 0.371 e. The molecule has 2 N–H and O–H groups in total. The summed E-state index contributed by atoms with van der Waals surface area (Å²) >= 11 is 0. The van der Waals surface area contributed by atoms with E-state index in [0.717, 1.165) is 53.9 Å². The van der Waals surface area contributed by atoms with Crippen molar-refractivity contribution in [2.45, 2.75) is 51.0 Å². The van der Waals surface area contributed by atoms with Gasteiger partial charge in [0.1, 0.15) is 11.6 Å². The second-order valence-corrected chi connectivity index (χ2v) is 10.6. The zero-order chi connectivity index (χ0) is 24.7. The molecular weight excluding hydrogens is 444 g/mol. The van der Waals surface area contributed by atoms with Gasteiger partial charge < -0.3 is 15.5 Å². The SMILES string of the molecule is CC(C)(C)NC(=O)Nc1cc2c3c(c1)[C@H](c1ccc(F)cc1)CCN3CC[C@H]2c1ccc(F)cc1. The van der Waals surface area contributed by atoms with Crippen LogP contribution in [0.4, 0.5) is 25.0 Å². The third-order valence-corrected chi connectivity index (χ3v) is 6.90. The molecule has 0 saturated heterocycles. The molecule has 0 unspecified atom stereocenters. The van der Waals surface area contributed by atoms with Gasteiger partial charge in [0.2, 0.25) is 0 Å². The van der Waals surface area contributed by atoms with Gasteiger partial charge in [-0.2, -0.15) is 0 Å². The fraction of sp³-hybridized carbons (Fsp3) is 0.345. The molecule has 6 heteroatoms. The van der Waals surface area contributed by atoms with Crippen LogP contribution in [0.25, 0.3) is 0 Å². The van der Waals surface area contributed by atoms with Crippen LogP contribution in [-0.4, -0.2) is 24.7 Å². The van der Waals surface area contributed by atoms with E-state index in [2.05, 4.69) is 27.7 Å². The Morgan fingerprint density at radius 3 is 1.71 bits per heavy atom. The maximum atomic E-state index is 13.7. The van der Waals surface area contributed by atoms with Crippen molar-refractivity contribution in [1.82, 2.24) is 5.32 Å². The number of carbonyl (C=O) groups excluding carboxylic acids is 1. The predicted molar refractivity (Wildman–Crippen MR) is 136 cm³/mol. The van der Waals surface area contributed by atoms with Crippen LogP contribution in [0.5, 0.6) is 0 Å². The normalized spacial score (nSPS) is 19.2. The molecule has 0 bridgehead atoms. The molecular formula is C29H31F2N3O. The van der Waals surface area contributed by atoms with Gasteiger partial charge in [-0.15, -0.1) is 0 Å². The van der Waals surface area contributed by atoms with Crippen molar-refractivity contribution in [1.29, 1.82) is 0 Å². The molecule has 3 aromatic rings. The summed E-state index contributed by atoms with van der Waals surface area (Å²) in [6.07, 6.45) is 1.83. The molecule has 0 aliphatic carbocycles. The summed E-state index contributed by atoms with van der Waals surface area (Å²) in [5, 5.41) is 6.00. The molecule has 2 aliphatic rings. The first-order valence-corrected chi connectivity index (χ1v) is 12.2. The van der Waals surface area contributed by atoms with Crippen molar-refractivity contribution in [3.8, 4) is 0 Å². The Morgan fingerprint density at radius 1 is 0.829 bits per heavy atom. The molecule has 0 saturated carbocycles. The third-order valence-electron chi connectivity index (χ3n) is 6.90. The van der Waals surface area contributed by atoms with Gasteiger partial charge in [0.25, 0.3) is 0 Å². The Kier molecular flexibility index (Phi) is 5.99. The highest BCUT2D eigenvalue weighted by Gasteiger charge is 2.35. The van der Waals surface area contributed by atoms with Crippen LogP contribution >= 0.6 is 0 Å². The summed E-state index contributed by atoms with van der Waals surface area (Å²) in [6, 6.07) is 17.3. The molecule has 0 aromatic heterocycles. The van der Waals surface area contributed by atoms with Gasteiger partial charge in [-0.3, -0.25) is 0 Å². The van der Waals surface area contributed by atoms with E-state index >= 15 is 0 Å². The van der Waals surface area contributed by atoms with E-state index in [-0.39, 0.29) is 35.0 Å². The molecule has 4 nitrogen and oxygen atoms in total. The minimum absolute atomic E-state index is 0.0972. The van der Waals surface area contributed by atoms with Crippen LogP contribution in [0.3, 0.4) is 0 Å². The summed E-state index contributed by atoms with van der Waals surface area (Å²) < 4.78 is 27.3. The minimum Gasteiger partial charge on any atom is -0.371 e. The molecule has 5 rings (SSSR count). The van der Waals surface area contributed by atoms with Crippen molar-refractivity contribution in [2.24, 2.45) is 0 Å². The average Bonchev–Trinajstić information content (AvgIpc) is 2.79. The highest BCUT2D eigenvalue weighted by Crippen LogP contribution is 2.49. The Bertz CT molecular complexity index is 1150. The number of carbonyl (C=O) groups is 1. The number of halogens is 2. The van der Waals surface area contributed by atoms with Gasteiger partial charge in [0, 0.05) is 41.8 Å². The van der Waals surface area contributed by atoms with Crippen molar-refractivity contribution in [2.75, 3.05) is 23.3 Å². The second-order valence-electron chi connectivity index (χ2n) is 10.6. The van der Waals surface area contributed by atoms with Crippen molar-refractivity contribution < 1.29 is 13.6 Å². The zero-order valence-electron chi connectivity index (χ0n) is 20.4. The monoisotopic (exact) mass is 475 g/mol. The lowest BCUT2D eigenvalue weighted by Crippen LogP contribution is -2.43. The van der Waals surface area contributed by atoms with Gasteiger partial charge in [-0.05, 0) is 92.3 Å². The predicted octanol–water partition coefficient (Wildman–Crippen LogP) is 6.76. The molecule has 0 radical (unpaired) electrons. The van der Waals surface area contributed by atoms with Crippen molar-refractivity contribution in [3.05, 3.63) is 94.6 Å². The van der Waals surface area contributed by atoms with Crippen LogP contribution < -0.4 is 15.5 Å². The van der Waals surface area contributed by atoms with E-state index in [1.165, 1.54) is 30.0 Å². The molecule has 2 amide bonds. The first kappa shape index (κ1) is 23.3. The lowest BCUT2D eigenvalue weighted by Gasteiger charge is -2.43. The fourth-order valence-electron chi connectivity index (χ4n) is 5.45. The third kappa shape index (κ3) is 4.88. The molecule has 3 aromatic carbocycles. The van der Waals surface area contributed by atoms with Crippen LogP contribution in [0.1, 0.15) is 67.7 Å². The van der Waals surface area contributed by atoms with Gasteiger partial charge in [-0.25, -0.2) is 13.6 Å². The quantitative estimate of drug-likeness (QED) is 0.439. The van der Waals surface area contributed by atoms with Crippen LogP contribution in [0, 0.1) is 11.6 Å². The maximum absolute atomic E-state index is 13.7. The first-order chi connectivity index (χ1) is 16.7. The summed E-state index contributed by atoms with van der Waals surface area (Å²) in [4.78, 5) is 15.2. The van der Waals surface area contributed by atoms with Gasteiger partial charge in [-0.1, -0.05) is 24.3 Å². The zero-order valence-corrected chi connectivity index (χ0v) is 20.4. The molecule has 2 heterocycles. The average molecular weight is 476 g/mol. The molecule has 182 valence electrons. The number of amides is 2. The highest BCUT2D eigenvalue weighted by atomic mass is 19.1. The van der Waals surface area contributed by atoms with E-state index in [1.54, 1.807) is 0 Å². The van der Waals surface area contributed by atoms with Crippen LogP contribution in [0.2, 0.25) is 0 Å². The summed E-state index contributed by atoms with van der Waals surface area (Å²) in [5.74, 6) is -0.308. The van der Waals surface area contributed by atoms with Gasteiger partial charge in [0.05, 0.1) is 0 Å². The van der Waals surface area contributed by atoms with E-state index < -0.39 is 0 Å². The van der Waals surface area contributed by atoms with Crippen molar-refractivity contribution in [3.63, 3.8) is 0 Å². The van der Waals surface area contributed by atoms with Gasteiger partial charge >= 0.3 is 6.03 Å². The topological polar surface area (TPSA) is 44.4 Å². The summed E-state index contributed by atoms with van der Waals surface area (Å²) in [5.41, 5.74) is 5.95. The Morgan fingerprint density at radius 2 is 1.29 bits per heavy atom. The number of nitrogens with one attached hydrogen (secondary N) is 2. The van der Waals surface area contributed by atoms with Crippen LogP contribution in [-0.2, 0) is 0 Å². The maximum Gasteiger partial charge on any atom is 0.319 e. The Balaban J connectivity index is 1.62. The van der Waals surface area contributed by atoms with Crippen LogP contribution in [0.15, 0.2) is 60.7 Å². The lowest BCUT2D eigenvalue weighted by molar-refractivity contribution is 0.244. The summed E-state index contributed by atoms with van der Waals surface area (Å²) in [6.45, 7) is 7.65. The number of benzene rings is 3. The number of urea groups is 1.